The molecule has 0 aliphatic heterocycles. The van der Waals surface area contributed by atoms with Crippen LogP contribution in [0.2, 0.25) is 5.02 Å². The van der Waals surface area contributed by atoms with E-state index in [-0.39, 0.29) is 13.2 Å². The Balaban J connectivity index is 1.78. The standard InChI is InChI=1S/C19H20ClN3O2/c1-2-11-22-17-5-3-4-6-18(17)23(19(22)21)12-15(24)13-25-16-9-7-14(20)8-10-16/h2-10,15,21,24H,1,11-13H2/t15-/m0/s1. The highest BCUT2D eigenvalue weighted by atomic mass is 35.5. The third-order valence-corrected chi connectivity index (χ3v) is 4.19. The molecule has 0 unspecified atom stereocenters. The number of fused-ring (bicyclic) bond motifs is 1. The Morgan fingerprint density at radius 3 is 2.40 bits per heavy atom. The molecule has 130 valence electrons. The van der Waals surface area contributed by atoms with Gasteiger partial charge in [0.2, 0.25) is 5.62 Å². The van der Waals surface area contributed by atoms with Crippen LogP contribution in [0, 0.1) is 5.41 Å². The van der Waals surface area contributed by atoms with Crippen LogP contribution in [0.4, 0.5) is 0 Å². The average Bonchev–Trinajstić information content (AvgIpc) is 2.88. The van der Waals surface area contributed by atoms with Crippen molar-refractivity contribution in [3.8, 4) is 5.75 Å². The molecule has 0 saturated heterocycles. The lowest BCUT2D eigenvalue weighted by atomic mass is 10.3. The zero-order chi connectivity index (χ0) is 17.8. The fourth-order valence-electron chi connectivity index (χ4n) is 2.78. The summed E-state index contributed by atoms with van der Waals surface area (Å²) in [6.45, 7) is 4.71. The molecule has 6 heteroatoms. The minimum absolute atomic E-state index is 0.134. The predicted octanol–water partition coefficient (Wildman–Crippen LogP) is 3.20. The monoisotopic (exact) mass is 357 g/mol. The minimum Gasteiger partial charge on any atom is -0.491 e. The molecule has 0 radical (unpaired) electrons. The van der Waals surface area contributed by atoms with Crippen LogP contribution >= 0.6 is 11.6 Å². The van der Waals surface area contributed by atoms with Crippen molar-refractivity contribution in [2.45, 2.75) is 19.2 Å². The highest BCUT2D eigenvalue weighted by Gasteiger charge is 2.14. The van der Waals surface area contributed by atoms with Crippen molar-refractivity contribution in [1.82, 2.24) is 9.13 Å². The van der Waals surface area contributed by atoms with Crippen molar-refractivity contribution >= 4 is 22.6 Å². The summed E-state index contributed by atoms with van der Waals surface area (Å²) >= 11 is 5.84. The Morgan fingerprint density at radius 2 is 1.76 bits per heavy atom. The van der Waals surface area contributed by atoms with Crippen molar-refractivity contribution < 1.29 is 9.84 Å². The second-order valence-corrected chi connectivity index (χ2v) is 6.18. The summed E-state index contributed by atoms with van der Waals surface area (Å²) in [5.41, 5.74) is 2.17. The number of imidazole rings is 1. The van der Waals surface area contributed by atoms with Gasteiger partial charge in [0.25, 0.3) is 0 Å². The number of halogens is 1. The number of aliphatic hydroxyl groups excluding tert-OH is 1. The molecule has 3 rings (SSSR count). The van der Waals surface area contributed by atoms with Crippen LogP contribution in [-0.4, -0.2) is 27.0 Å². The van der Waals surface area contributed by atoms with E-state index >= 15 is 0 Å². The number of para-hydroxylation sites is 2. The average molecular weight is 358 g/mol. The van der Waals surface area contributed by atoms with Gasteiger partial charge >= 0.3 is 0 Å². The summed E-state index contributed by atoms with van der Waals surface area (Å²) < 4.78 is 9.24. The van der Waals surface area contributed by atoms with E-state index in [1.54, 1.807) is 34.9 Å². The van der Waals surface area contributed by atoms with E-state index in [9.17, 15) is 5.11 Å². The molecule has 0 fully saturated rings. The molecule has 5 nitrogen and oxygen atoms in total. The number of hydrogen-bond acceptors (Lipinski definition) is 3. The molecule has 2 aromatic carbocycles. The maximum atomic E-state index is 10.4. The zero-order valence-electron chi connectivity index (χ0n) is 13.7. The number of nitrogens with one attached hydrogen (secondary N) is 1. The summed E-state index contributed by atoms with van der Waals surface area (Å²) in [6.07, 6.45) is 1.02. The molecule has 0 saturated carbocycles. The second kappa shape index (κ2) is 7.59. The van der Waals surface area contributed by atoms with Gasteiger partial charge in [-0.3, -0.25) is 5.41 Å². The van der Waals surface area contributed by atoms with Crippen LogP contribution in [0.25, 0.3) is 11.0 Å². The largest absolute Gasteiger partial charge is 0.491 e. The number of allylic oxidation sites excluding steroid dienone is 1. The lowest BCUT2D eigenvalue weighted by Crippen LogP contribution is -2.31. The minimum atomic E-state index is -0.743. The summed E-state index contributed by atoms with van der Waals surface area (Å²) in [7, 11) is 0. The maximum Gasteiger partial charge on any atom is 0.203 e. The van der Waals surface area contributed by atoms with Crippen molar-refractivity contribution in [2.75, 3.05) is 6.61 Å². The number of benzene rings is 2. The highest BCUT2D eigenvalue weighted by molar-refractivity contribution is 6.30. The molecule has 0 aliphatic rings. The van der Waals surface area contributed by atoms with Gasteiger partial charge in [0, 0.05) is 11.6 Å². The quantitative estimate of drug-likeness (QED) is 0.638. The molecule has 0 aliphatic carbocycles. The normalized spacial score (nSPS) is 12.2. The van der Waals surface area contributed by atoms with Gasteiger partial charge in [-0.15, -0.1) is 6.58 Å². The first-order valence-electron chi connectivity index (χ1n) is 8.00. The highest BCUT2D eigenvalue weighted by Crippen LogP contribution is 2.16. The van der Waals surface area contributed by atoms with Gasteiger partial charge < -0.3 is 19.0 Å². The van der Waals surface area contributed by atoms with Gasteiger partial charge in [-0.1, -0.05) is 29.8 Å². The molecule has 3 aromatic rings. The van der Waals surface area contributed by atoms with E-state index in [2.05, 4.69) is 6.58 Å². The topological polar surface area (TPSA) is 63.2 Å². The Kier molecular flexibility index (Phi) is 5.26. The Labute approximate surface area is 150 Å². The summed E-state index contributed by atoms with van der Waals surface area (Å²) in [6, 6.07) is 14.8. The Morgan fingerprint density at radius 1 is 1.12 bits per heavy atom. The van der Waals surface area contributed by atoms with Crippen molar-refractivity contribution in [3.63, 3.8) is 0 Å². The maximum absolute atomic E-state index is 10.4. The lowest BCUT2D eigenvalue weighted by Gasteiger charge is -2.13. The Hall–Kier alpha value is -2.50. The number of ether oxygens (including phenoxy) is 1. The summed E-state index contributed by atoms with van der Waals surface area (Å²) in [4.78, 5) is 0. The van der Waals surface area contributed by atoms with Crippen molar-refractivity contribution in [3.05, 3.63) is 71.8 Å². The van der Waals surface area contributed by atoms with Crippen LogP contribution in [-0.2, 0) is 13.1 Å². The smallest absolute Gasteiger partial charge is 0.203 e. The van der Waals surface area contributed by atoms with Gasteiger partial charge in [0.05, 0.1) is 17.6 Å². The molecule has 1 aromatic heterocycles. The molecule has 2 N–H and O–H groups in total. The van der Waals surface area contributed by atoms with E-state index in [4.69, 9.17) is 21.7 Å². The molecule has 0 spiro atoms. The summed E-state index contributed by atoms with van der Waals surface area (Å²) in [5.74, 6) is 0.647. The van der Waals surface area contributed by atoms with Crippen LogP contribution in [0.1, 0.15) is 0 Å². The number of nitrogens with zero attached hydrogens (tertiary/aromatic N) is 2. The number of hydrogen-bond donors (Lipinski definition) is 2. The first-order valence-corrected chi connectivity index (χ1v) is 8.38. The van der Waals surface area contributed by atoms with Gasteiger partial charge in [-0.05, 0) is 36.4 Å². The fourth-order valence-corrected chi connectivity index (χ4v) is 2.91. The molecular formula is C19H20ClN3O2. The van der Waals surface area contributed by atoms with Crippen LogP contribution in [0.5, 0.6) is 5.75 Å². The van der Waals surface area contributed by atoms with Crippen LogP contribution in [0.15, 0.2) is 61.2 Å². The molecule has 1 heterocycles. The lowest BCUT2D eigenvalue weighted by molar-refractivity contribution is 0.0921. The molecular weight excluding hydrogens is 338 g/mol. The van der Waals surface area contributed by atoms with Gasteiger partial charge in [-0.2, -0.15) is 0 Å². The van der Waals surface area contributed by atoms with E-state index in [1.165, 1.54) is 0 Å². The molecule has 0 amide bonds. The van der Waals surface area contributed by atoms with E-state index < -0.39 is 6.10 Å². The third kappa shape index (κ3) is 3.78. The number of aliphatic hydroxyl groups is 1. The zero-order valence-corrected chi connectivity index (χ0v) is 14.5. The van der Waals surface area contributed by atoms with Crippen molar-refractivity contribution in [2.24, 2.45) is 0 Å². The van der Waals surface area contributed by atoms with Gasteiger partial charge in [0.15, 0.2) is 0 Å². The Bertz CT molecular complexity index is 928. The third-order valence-electron chi connectivity index (χ3n) is 3.94. The summed E-state index contributed by atoms with van der Waals surface area (Å²) in [5, 5.41) is 19.4. The van der Waals surface area contributed by atoms with E-state index in [1.807, 2.05) is 28.8 Å². The second-order valence-electron chi connectivity index (χ2n) is 5.74. The molecule has 1 atom stereocenters. The van der Waals surface area contributed by atoms with Gasteiger partial charge in [0.1, 0.15) is 18.5 Å². The van der Waals surface area contributed by atoms with E-state index in [0.29, 0.717) is 22.9 Å². The van der Waals surface area contributed by atoms with Gasteiger partial charge in [-0.25, -0.2) is 0 Å². The molecule has 0 bridgehead atoms. The number of aromatic nitrogens is 2. The van der Waals surface area contributed by atoms with Crippen LogP contribution < -0.4 is 10.4 Å². The SMILES string of the molecule is C=CCn1c(=N)n(C[C@H](O)COc2ccc(Cl)cc2)c2ccccc21. The predicted molar refractivity (Wildman–Crippen MR) is 98.9 cm³/mol. The first-order chi connectivity index (χ1) is 12.1. The van der Waals surface area contributed by atoms with Crippen LogP contribution in [0.3, 0.4) is 0 Å². The van der Waals surface area contributed by atoms with Crippen molar-refractivity contribution in [1.29, 1.82) is 5.41 Å². The number of rotatable bonds is 7. The van der Waals surface area contributed by atoms with E-state index in [0.717, 1.165) is 11.0 Å². The first kappa shape index (κ1) is 17.3. The fraction of sp³-hybridized carbons (Fsp3) is 0.211. The molecule has 25 heavy (non-hydrogen) atoms.